The average molecular weight is 947 g/mol. The van der Waals surface area contributed by atoms with Gasteiger partial charge in [-0.05, 0) is 109 Å². The molecule has 68 heavy (non-hydrogen) atoms. The van der Waals surface area contributed by atoms with Gasteiger partial charge < -0.3 is 39.4 Å². The number of esters is 1. The molecule has 4 N–H and O–H groups in total. The number of carbonyl (C=O) groups is 1. The Morgan fingerprint density at radius 1 is 0.471 bits per heavy atom. The van der Waals surface area contributed by atoms with E-state index in [1.54, 1.807) is 0 Å². The van der Waals surface area contributed by atoms with Crippen LogP contribution in [0.5, 0.6) is 0 Å². The molecule has 9 heteroatoms. The molecule has 384 valence electrons. The summed E-state index contributed by atoms with van der Waals surface area (Å²) in [6.45, 7) is 4.23. The van der Waals surface area contributed by atoms with Crippen molar-refractivity contribution in [3.05, 3.63) is 134 Å². The van der Waals surface area contributed by atoms with E-state index in [1.807, 2.05) is 0 Å². The van der Waals surface area contributed by atoms with Gasteiger partial charge in [-0.1, -0.05) is 186 Å². The number of hydrogen-bond donors (Lipinski definition) is 4. The molecule has 1 saturated heterocycles. The molecular formula is C59H94O9. The van der Waals surface area contributed by atoms with Gasteiger partial charge in [0.05, 0.1) is 19.8 Å². The number of allylic oxidation sites excluding steroid dienone is 22. The summed E-state index contributed by atoms with van der Waals surface area (Å²) in [5.41, 5.74) is 0. The van der Waals surface area contributed by atoms with Gasteiger partial charge in [-0.25, -0.2) is 0 Å². The fraction of sp³-hybridized carbons (Fsp3) is 0.610. The highest BCUT2D eigenvalue weighted by atomic mass is 16.7. The first kappa shape index (κ1) is 62.3. The van der Waals surface area contributed by atoms with Gasteiger partial charge in [0.2, 0.25) is 0 Å². The zero-order chi connectivity index (χ0) is 49.2. The van der Waals surface area contributed by atoms with Crippen molar-refractivity contribution < 1.29 is 44.2 Å². The zero-order valence-electron chi connectivity index (χ0n) is 42.3. The van der Waals surface area contributed by atoms with Crippen LogP contribution in [0.3, 0.4) is 0 Å². The van der Waals surface area contributed by atoms with Gasteiger partial charge in [0, 0.05) is 13.0 Å². The summed E-state index contributed by atoms with van der Waals surface area (Å²) < 4.78 is 22.9. The fourth-order valence-corrected chi connectivity index (χ4v) is 7.05. The lowest BCUT2D eigenvalue weighted by Crippen LogP contribution is -2.59. The Morgan fingerprint density at radius 3 is 1.28 bits per heavy atom. The van der Waals surface area contributed by atoms with Crippen molar-refractivity contribution in [2.45, 2.75) is 205 Å². The van der Waals surface area contributed by atoms with Crippen molar-refractivity contribution >= 4 is 5.97 Å². The Balaban J connectivity index is 2.26. The summed E-state index contributed by atoms with van der Waals surface area (Å²) >= 11 is 0. The highest BCUT2D eigenvalue weighted by molar-refractivity contribution is 5.69. The largest absolute Gasteiger partial charge is 0.457 e. The van der Waals surface area contributed by atoms with Crippen LogP contribution in [-0.2, 0) is 23.7 Å². The molecule has 0 saturated carbocycles. The van der Waals surface area contributed by atoms with Gasteiger partial charge in [-0.15, -0.1) is 0 Å². The summed E-state index contributed by atoms with van der Waals surface area (Å²) in [4.78, 5) is 12.8. The lowest BCUT2D eigenvalue weighted by molar-refractivity contribution is -0.305. The maximum Gasteiger partial charge on any atom is 0.306 e. The van der Waals surface area contributed by atoms with Crippen LogP contribution in [0.1, 0.15) is 168 Å². The Bertz CT molecular complexity index is 1500. The normalized spacial score (nSPS) is 20.2. The van der Waals surface area contributed by atoms with E-state index in [0.717, 1.165) is 109 Å². The molecule has 0 aliphatic carbocycles. The molecule has 0 spiro atoms. The van der Waals surface area contributed by atoms with Gasteiger partial charge in [0.1, 0.15) is 30.5 Å². The number of rotatable bonds is 43. The molecule has 1 aliphatic rings. The molecule has 9 nitrogen and oxygen atoms in total. The first-order valence-electron chi connectivity index (χ1n) is 26.3. The van der Waals surface area contributed by atoms with Crippen molar-refractivity contribution in [1.82, 2.24) is 0 Å². The summed E-state index contributed by atoms with van der Waals surface area (Å²) in [7, 11) is 0. The minimum Gasteiger partial charge on any atom is -0.457 e. The predicted octanol–water partition coefficient (Wildman–Crippen LogP) is 13.3. The van der Waals surface area contributed by atoms with Crippen molar-refractivity contribution in [3.63, 3.8) is 0 Å². The number of hydrogen-bond acceptors (Lipinski definition) is 9. The molecule has 1 rings (SSSR count). The van der Waals surface area contributed by atoms with E-state index in [0.29, 0.717) is 13.0 Å². The van der Waals surface area contributed by atoms with Crippen LogP contribution < -0.4 is 0 Å². The first-order valence-corrected chi connectivity index (χ1v) is 26.3. The van der Waals surface area contributed by atoms with Crippen LogP contribution >= 0.6 is 0 Å². The Kier molecular flexibility index (Phi) is 44.3. The van der Waals surface area contributed by atoms with Crippen LogP contribution in [0.4, 0.5) is 0 Å². The smallest absolute Gasteiger partial charge is 0.306 e. The van der Waals surface area contributed by atoms with Gasteiger partial charge in [-0.3, -0.25) is 4.79 Å². The number of carbonyl (C=O) groups excluding carboxylic acids is 1. The van der Waals surface area contributed by atoms with Crippen LogP contribution in [0.15, 0.2) is 134 Å². The highest BCUT2D eigenvalue weighted by Gasteiger charge is 2.44. The topological polar surface area (TPSA) is 135 Å². The molecule has 0 aromatic carbocycles. The second-order valence-corrected chi connectivity index (χ2v) is 17.2. The van der Waals surface area contributed by atoms with Crippen molar-refractivity contribution in [2.75, 3.05) is 26.4 Å². The standard InChI is InChI=1S/C59H94O9/c1-3-5-7-9-11-13-15-17-19-21-23-25-26-27-29-31-33-35-37-39-41-43-45-47-49-65-51-53(52-66-59-58(64)57(63)56(62)54(50-60)68-59)67-55(61)48-46-44-42-40-38-36-34-32-30-28-24-22-20-18-16-14-12-10-8-6-4-2/h5-8,11-14,17-20,23-25,27-29,32,34,38,40,53-54,56-60,62-64H,3-4,9-10,15-16,21-22,26,30-31,33,35-37,39,41-52H2,1-2H3/b7-5-,8-6-,13-11-,14-12-,19-17-,20-18-,25-23-,28-24-,29-27-,34-32-,40-38-. The lowest BCUT2D eigenvalue weighted by atomic mass is 9.99. The molecule has 0 radical (unpaired) electrons. The Hall–Kier alpha value is -3.67. The van der Waals surface area contributed by atoms with Crippen molar-refractivity contribution in [3.8, 4) is 0 Å². The van der Waals surface area contributed by atoms with Crippen LogP contribution in [-0.4, -0.2) is 89.6 Å². The minimum absolute atomic E-state index is 0.111. The lowest BCUT2D eigenvalue weighted by Gasteiger charge is -2.39. The number of aliphatic hydroxyl groups is 4. The maximum absolute atomic E-state index is 12.8. The maximum atomic E-state index is 12.8. The number of ether oxygens (including phenoxy) is 4. The molecule has 0 aromatic heterocycles. The summed E-state index contributed by atoms with van der Waals surface area (Å²) in [6, 6.07) is 0. The van der Waals surface area contributed by atoms with Crippen LogP contribution in [0, 0.1) is 0 Å². The van der Waals surface area contributed by atoms with Crippen LogP contribution in [0.2, 0.25) is 0 Å². The van der Waals surface area contributed by atoms with Crippen molar-refractivity contribution in [1.29, 1.82) is 0 Å². The zero-order valence-corrected chi connectivity index (χ0v) is 42.3. The third-order valence-electron chi connectivity index (χ3n) is 11.1. The van der Waals surface area contributed by atoms with E-state index in [2.05, 4.69) is 148 Å². The van der Waals surface area contributed by atoms with E-state index < -0.39 is 43.4 Å². The number of aliphatic hydroxyl groups excluding tert-OH is 4. The Labute approximate surface area is 413 Å². The van der Waals surface area contributed by atoms with E-state index in [4.69, 9.17) is 18.9 Å². The summed E-state index contributed by atoms with van der Waals surface area (Å²) in [5.74, 6) is -0.364. The molecule has 6 unspecified atom stereocenters. The van der Waals surface area contributed by atoms with E-state index >= 15 is 0 Å². The first-order chi connectivity index (χ1) is 33.4. The fourth-order valence-electron chi connectivity index (χ4n) is 7.05. The minimum atomic E-state index is -1.56. The van der Waals surface area contributed by atoms with Gasteiger partial charge >= 0.3 is 5.97 Å². The molecular weight excluding hydrogens is 853 g/mol. The van der Waals surface area contributed by atoms with Crippen LogP contribution in [0.25, 0.3) is 0 Å². The predicted molar refractivity (Wildman–Crippen MR) is 283 cm³/mol. The van der Waals surface area contributed by atoms with Gasteiger partial charge in [0.25, 0.3) is 0 Å². The van der Waals surface area contributed by atoms with E-state index in [1.165, 1.54) is 32.1 Å². The number of unbranched alkanes of at least 4 members (excludes halogenated alkanes) is 10. The van der Waals surface area contributed by atoms with Gasteiger partial charge in [-0.2, -0.15) is 0 Å². The molecule has 6 atom stereocenters. The second kappa shape index (κ2) is 48.4. The molecule has 1 aliphatic heterocycles. The second-order valence-electron chi connectivity index (χ2n) is 17.2. The average Bonchev–Trinajstić information content (AvgIpc) is 3.34. The third-order valence-corrected chi connectivity index (χ3v) is 11.1. The monoisotopic (exact) mass is 947 g/mol. The molecule has 1 fully saturated rings. The quantitative estimate of drug-likeness (QED) is 0.0268. The SMILES string of the molecule is CC/C=C\C/C=C\C/C=C\C/C=C\C/C=C\C/C=C\CCCCC(=O)OC(COCCCCCCCCCC/C=C\C/C=C\C/C=C\C/C=C\C/C=C\CC)COC1OC(CO)C(O)C(O)C1O. The summed E-state index contributed by atoms with van der Waals surface area (Å²) in [5, 5.41) is 40.3. The van der Waals surface area contributed by atoms with Gasteiger partial charge in [0.15, 0.2) is 6.29 Å². The van der Waals surface area contributed by atoms with E-state index in [9.17, 15) is 25.2 Å². The third kappa shape index (κ3) is 38.2. The summed E-state index contributed by atoms with van der Waals surface area (Å²) in [6.07, 6.45) is 64.8. The molecule has 0 bridgehead atoms. The molecule has 0 aromatic rings. The van der Waals surface area contributed by atoms with Crippen molar-refractivity contribution in [2.24, 2.45) is 0 Å². The molecule has 0 amide bonds. The molecule has 1 heterocycles. The van der Waals surface area contributed by atoms with E-state index in [-0.39, 0.29) is 25.6 Å². The highest BCUT2D eigenvalue weighted by Crippen LogP contribution is 2.22. The Morgan fingerprint density at radius 2 is 0.853 bits per heavy atom.